The number of aromatic nitrogens is 1. The molecule has 0 aliphatic carbocycles. The molecule has 7 nitrogen and oxygen atoms in total. The number of hydrogen-bond donors (Lipinski definition) is 0. The second-order valence-corrected chi connectivity index (χ2v) is 14.2. The molecule has 0 unspecified atom stereocenters. The molecule has 0 fully saturated rings. The van der Waals surface area contributed by atoms with Crippen molar-refractivity contribution in [2.75, 3.05) is 6.61 Å². The molecule has 1 aliphatic rings. The summed E-state index contributed by atoms with van der Waals surface area (Å²) in [5, 5.41) is 0. The fraction of sp³-hybridized carbons (Fsp3) is 0.242. The normalized spacial score (nSPS) is 14.8. The second kappa shape index (κ2) is 14.1. The summed E-state index contributed by atoms with van der Waals surface area (Å²) in [6.07, 6.45) is 1.71. The van der Waals surface area contributed by atoms with Crippen molar-refractivity contribution in [1.29, 1.82) is 0 Å². The highest BCUT2D eigenvalue weighted by atomic mass is 127. The van der Waals surface area contributed by atoms with Gasteiger partial charge in [-0.25, -0.2) is 9.79 Å². The first-order valence-corrected chi connectivity index (χ1v) is 17.4. The van der Waals surface area contributed by atoms with Crippen molar-refractivity contribution in [2.45, 2.75) is 46.4 Å². The zero-order valence-electron chi connectivity index (χ0n) is 24.4. The molecule has 0 radical (unpaired) electrons. The van der Waals surface area contributed by atoms with Gasteiger partial charge in [0.25, 0.3) is 5.56 Å². The Balaban J connectivity index is 1.58. The molecule has 11 heteroatoms. The first kappa shape index (κ1) is 32.6. The number of carbonyl (C=O) groups excluding carboxylic acids is 1. The monoisotopic (exact) mass is 850 g/mol. The lowest BCUT2D eigenvalue weighted by Crippen LogP contribution is -2.40. The molecule has 4 aromatic rings. The van der Waals surface area contributed by atoms with Crippen LogP contribution in [0.15, 0.2) is 90.7 Å². The van der Waals surface area contributed by atoms with Crippen LogP contribution in [0.25, 0.3) is 6.08 Å². The van der Waals surface area contributed by atoms with E-state index in [4.69, 9.17) is 14.2 Å². The minimum Gasteiger partial charge on any atom is -0.491 e. The molecule has 0 saturated carbocycles. The second-order valence-electron chi connectivity index (χ2n) is 10.2. The van der Waals surface area contributed by atoms with Gasteiger partial charge in [-0.3, -0.25) is 9.36 Å². The van der Waals surface area contributed by atoms with E-state index in [9.17, 15) is 9.59 Å². The highest BCUT2D eigenvalue weighted by molar-refractivity contribution is 14.1. The molecule has 44 heavy (non-hydrogen) atoms. The Labute approximate surface area is 289 Å². The van der Waals surface area contributed by atoms with E-state index >= 15 is 0 Å². The van der Waals surface area contributed by atoms with Gasteiger partial charge in [-0.1, -0.05) is 41.7 Å². The van der Waals surface area contributed by atoms with Crippen LogP contribution in [0, 0.1) is 3.57 Å². The van der Waals surface area contributed by atoms with E-state index < -0.39 is 12.0 Å². The molecule has 0 amide bonds. The van der Waals surface area contributed by atoms with Crippen LogP contribution in [0.1, 0.15) is 50.4 Å². The number of carbonyl (C=O) groups is 1. The summed E-state index contributed by atoms with van der Waals surface area (Å²) in [5.74, 6) is 0.743. The largest absolute Gasteiger partial charge is 0.491 e. The number of ether oxygens (including phenoxy) is 3. The Hall–Kier alpha value is -2.74. The van der Waals surface area contributed by atoms with Crippen LogP contribution in [0.4, 0.5) is 0 Å². The van der Waals surface area contributed by atoms with E-state index in [0.29, 0.717) is 44.3 Å². The number of hydrogen-bond acceptors (Lipinski definition) is 7. The lowest BCUT2D eigenvalue weighted by Gasteiger charge is -2.26. The Morgan fingerprint density at radius 3 is 2.45 bits per heavy atom. The smallest absolute Gasteiger partial charge is 0.338 e. The number of thiazole rings is 1. The summed E-state index contributed by atoms with van der Waals surface area (Å²) >= 11 is 10.8. The number of rotatable bonds is 9. The topological polar surface area (TPSA) is 79.1 Å². The zero-order valence-corrected chi connectivity index (χ0v) is 30.5. The maximum Gasteiger partial charge on any atom is 0.338 e. The maximum absolute atomic E-state index is 14.1. The zero-order chi connectivity index (χ0) is 31.5. The summed E-state index contributed by atoms with van der Waals surface area (Å²) in [4.78, 5) is 32.6. The predicted octanol–water partition coefficient (Wildman–Crippen LogP) is 7.29. The molecule has 1 aliphatic heterocycles. The van der Waals surface area contributed by atoms with Gasteiger partial charge in [0.05, 0.1) is 37.5 Å². The number of nitrogens with zero attached hydrogens (tertiary/aromatic N) is 2. The molecule has 1 aromatic heterocycles. The molecule has 2 heterocycles. The molecule has 5 rings (SSSR count). The Morgan fingerprint density at radius 1 is 1.11 bits per heavy atom. The lowest BCUT2D eigenvalue weighted by atomic mass is 9.95. The highest BCUT2D eigenvalue weighted by Gasteiger charge is 2.35. The van der Waals surface area contributed by atoms with Crippen molar-refractivity contribution in [1.82, 2.24) is 4.57 Å². The number of esters is 1. The number of para-hydroxylation sites is 1. The molecule has 1 atom stereocenters. The van der Waals surface area contributed by atoms with Crippen LogP contribution in [0.2, 0.25) is 0 Å². The van der Waals surface area contributed by atoms with Gasteiger partial charge in [-0.05, 0) is 130 Å². The number of benzene rings is 3. The minimum atomic E-state index is -0.766. The molecule has 3 aromatic carbocycles. The molecular weight excluding hydrogens is 823 g/mol. The van der Waals surface area contributed by atoms with Crippen LogP contribution < -0.4 is 24.4 Å². The first-order chi connectivity index (χ1) is 21.1. The third kappa shape index (κ3) is 7.05. The van der Waals surface area contributed by atoms with E-state index in [-0.39, 0.29) is 18.3 Å². The number of allylic oxidation sites excluding steroid dienone is 1. The summed E-state index contributed by atoms with van der Waals surface area (Å²) in [5.41, 5.74) is 3.08. The SMILES string of the molecule is CCOC(=O)C1=C(C)N=c2s/c(=C/c3cc(Br)c(OCc4ccc(I)cc4)c(Br)c3)c(=O)n2[C@H]1c1ccccc1OC(C)C. The third-order valence-electron chi connectivity index (χ3n) is 6.71. The van der Waals surface area contributed by atoms with E-state index in [0.717, 1.165) is 23.6 Å². The van der Waals surface area contributed by atoms with Crippen molar-refractivity contribution >= 4 is 77.8 Å². The van der Waals surface area contributed by atoms with Gasteiger partial charge >= 0.3 is 5.97 Å². The van der Waals surface area contributed by atoms with Crippen LogP contribution in [0.5, 0.6) is 11.5 Å². The van der Waals surface area contributed by atoms with E-state index in [1.807, 2.05) is 80.6 Å². The quantitative estimate of drug-likeness (QED) is 0.131. The Kier molecular flexibility index (Phi) is 10.5. The van der Waals surface area contributed by atoms with Crippen molar-refractivity contribution in [3.05, 3.63) is 121 Å². The number of fused-ring (bicyclic) bond motifs is 1. The predicted molar refractivity (Wildman–Crippen MR) is 188 cm³/mol. The minimum absolute atomic E-state index is 0.108. The fourth-order valence-electron chi connectivity index (χ4n) is 4.84. The summed E-state index contributed by atoms with van der Waals surface area (Å²) in [7, 11) is 0. The van der Waals surface area contributed by atoms with Crippen molar-refractivity contribution in [3.63, 3.8) is 0 Å². The van der Waals surface area contributed by atoms with Gasteiger partial charge in [-0.2, -0.15) is 0 Å². The van der Waals surface area contributed by atoms with E-state index in [1.165, 1.54) is 11.3 Å². The molecule has 0 N–H and O–H groups in total. The first-order valence-electron chi connectivity index (χ1n) is 13.9. The van der Waals surface area contributed by atoms with E-state index in [1.54, 1.807) is 18.4 Å². The highest BCUT2D eigenvalue weighted by Crippen LogP contribution is 2.37. The molecule has 0 saturated heterocycles. The summed E-state index contributed by atoms with van der Waals surface area (Å²) < 4.78 is 22.4. The van der Waals surface area contributed by atoms with Gasteiger partial charge in [0.1, 0.15) is 24.1 Å². The van der Waals surface area contributed by atoms with Crippen LogP contribution in [-0.4, -0.2) is 23.2 Å². The van der Waals surface area contributed by atoms with Gasteiger partial charge in [0, 0.05) is 9.13 Å². The number of halogens is 3. The molecule has 228 valence electrons. The Bertz CT molecular complexity index is 1910. The van der Waals surface area contributed by atoms with Crippen molar-refractivity contribution < 1.29 is 19.0 Å². The van der Waals surface area contributed by atoms with Crippen LogP contribution in [0.3, 0.4) is 0 Å². The van der Waals surface area contributed by atoms with Crippen LogP contribution in [-0.2, 0) is 16.1 Å². The van der Waals surface area contributed by atoms with Gasteiger partial charge in [-0.15, -0.1) is 0 Å². The van der Waals surface area contributed by atoms with Crippen molar-refractivity contribution in [2.24, 2.45) is 4.99 Å². The third-order valence-corrected chi connectivity index (χ3v) is 9.59. The average Bonchev–Trinajstić information content (AvgIpc) is 3.26. The van der Waals surface area contributed by atoms with Gasteiger partial charge in [0.15, 0.2) is 4.80 Å². The van der Waals surface area contributed by atoms with Crippen molar-refractivity contribution in [3.8, 4) is 11.5 Å². The lowest BCUT2D eigenvalue weighted by molar-refractivity contribution is -0.139. The Morgan fingerprint density at radius 2 is 1.80 bits per heavy atom. The summed E-state index contributed by atoms with van der Waals surface area (Å²) in [6.45, 7) is 8.00. The van der Waals surface area contributed by atoms with Crippen LogP contribution >= 0.6 is 65.8 Å². The van der Waals surface area contributed by atoms with Gasteiger partial charge in [0.2, 0.25) is 0 Å². The van der Waals surface area contributed by atoms with Gasteiger partial charge < -0.3 is 14.2 Å². The molecule has 0 bridgehead atoms. The maximum atomic E-state index is 14.1. The summed E-state index contributed by atoms with van der Waals surface area (Å²) in [6, 6.07) is 18.7. The fourth-order valence-corrected chi connectivity index (χ4v) is 7.70. The molecular formula is C33H29Br2IN2O5S. The standard InChI is InChI=1S/C33H29Br2IN2O5S/c1-5-41-32(40)28-19(4)37-33-38(29(28)23-8-6-7-9-26(23)43-18(2)3)31(39)27(44-33)16-21-14-24(34)30(25(35)15-21)42-17-20-10-12-22(36)13-11-20/h6-16,18,29H,5,17H2,1-4H3/b27-16+/t29-/m0/s1. The van der Waals surface area contributed by atoms with E-state index in [2.05, 4.69) is 59.4 Å². The average molecular weight is 852 g/mol. The molecule has 0 spiro atoms.